The van der Waals surface area contributed by atoms with Gasteiger partial charge in [-0.25, -0.2) is 18.4 Å². The van der Waals surface area contributed by atoms with E-state index in [-0.39, 0.29) is 16.5 Å². The Hall–Kier alpha value is -4.82. The third-order valence-corrected chi connectivity index (χ3v) is 7.60. The number of nitrogens with zero attached hydrogens (tertiary/aromatic N) is 3. The molecule has 2 heterocycles. The first kappa shape index (κ1) is 23.6. The first-order valence-electron chi connectivity index (χ1n) is 12.0. The lowest BCUT2D eigenvalue weighted by Gasteiger charge is -2.15. The molecule has 2 aromatic heterocycles. The van der Waals surface area contributed by atoms with Crippen molar-refractivity contribution in [2.75, 3.05) is 10.0 Å². The molecule has 0 atom stereocenters. The van der Waals surface area contributed by atoms with Gasteiger partial charge in [-0.15, -0.1) is 0 Å². The topological polar surface area (TPSA) is 96.9 Å². The van der Waals surface area contributed by atoms with Crippen LogP contribution in [-0.2, 0) is 10.0 Å². The van der Waals surface area contributed by atoms with Crippen LogP contribution >= 0.6 is 0 Å². The van der Waals surface area contributed by atoms with E-state index in [0.717, 1.165) is 27.6 Å². The molecule has 0 saturated carbocycles. The summed E-state index contributed by atoms with van der Waals surface area (Å²) in [5.74, 6) is 0.374. The van der Waals surface area contributed by atoms with E-state index in [9.17, 15) is 8.42 Å². The Morgan fingerprint density at radius 2 is 1.37 bits per heavy atom. The van der Waals surface area contributed by atoms with Crippen LogP contribution in [0.4, 0.5) is 17.3 Å². The van der Waals surface area contributed by atoms with Gasteiger partial charge in [0.25, 0.3) is 10.0 Å². The van der Waals surface area contributed by atoms with Crippen LogP contribution in [0.2, 0.25) is 0 Å². The number of aryl methyl sites for hydroxylation is 1. The second-order valence-electron chi connectivity index (χ2n) is 8.88. The largest absolute Gasteiger partial charge is 0.335 e. The number of rotatable bonds is 6. The van der Waals surface area contributed by atoms with Crippen molar-refractivity contribution in [3.63, 3.8) is 0 Å². The smallest absolute Gasteiger partial charge is 0.263 e. The molecular weight excluding hydrogens is 494 g/mol. The van der Waals surface area contributed by atoms with E-state index in [0.29, 0.717) is 16.7 Å². The minimum atomic E-state index is -3.91. The van der Waals surface area contributed by atoms with E-state index in [1.807, 2.05) is 67.6 Å². The highest BCUT2D eigenvalue weighted by Gasteiger charge is 2.20. The molecule has 6 rings (SSSR count). The van der Waals surface area contributed by atoms with Gasteiger partial charge in [0.1, 0.15) is 0 Å². The lowest BCUT2D eigenvalue weighted by Crippen LogP contribution is -2.16. The molecule has 6 aromatic rings. The van der Waals surface area contributed by atoms with Crippen LogP contribution in [0.1, 0.15) is 5.56 Å². The third-order valence-electron chi connectivity index (χ3n) is 6.24. The summed E-state index contributed by atoms with van der Waals surface area (Å²) in [5, 5.41) is 4.26. The van der Waals surface area contributed by atoms with Gasteiger partial charge in [0.15, 0.2) is 11.6 Å². The molecule has 0 fully saturated rings. The Balaban J connectivity index is 1.46. The summed E-state index contributed by atoms with van der Waals surface area (Å²) in [6.45, 7) is 1.90. The summed E-state index contributed by atoms with van der Waals surface area (Å²) in [5.41, 5.74) is 5.71. The molecule has 38 heavy (non-hydrogen) atoms. The lowest BCUT2D eigenvalue weighted by atomic mass is 10.0. The van der Waals surface area contributed by atoms with Crippen molar-refractivity contribution in [3.8, 4) is 11.1 Å². The second-order valence-corrected chi connectivity index (χ2v) is 10.6. The molecule has 2 N–H and O–H groups in total. The molecule has 186 valence electrons. The number of aromatic nitrogens is 3. The molecule has 0 radical (unpaired) electrons. The average molecular weight is 518 g/mol. The normalized spacial score (nSPS) is 11.5. The standard InChI is InChI=1S/C30H23N5O2S/c1-20-14-16-22(17-15-20)38(36,37)35-30-29(32-25-11-5-6-12-26(25)33-30)34-27-13-7-10-24-23(18-19-31-28(24)27)21-8-3-2-4-9-21/h2-19H,1H3,(H,32,34)(H,33,35). The van der Waals surface area contributed by atoms with E-state index in [2.05, 4.69) is 32.1 Å². The van der Waals surface area contributed by atoms with Crippen LogP contribution in [0.5, 0.6) is 0 Å². The van der Waals surface area contributed by atoms with Crippen molar-refractivity contribution in [2.24, 2.45) is 0 Å². The summed E-state index contributed by atoms with van der Waals surface area (Å²) >= 11 is 0. The Labute approximate surface area is 220 Å². The quantitative estimate of drug-likeness (QED) is 0.255. The summed E-state index contributed by atoms with van der Waals surface area (Å²) in [6.07, 6.45) is 1.77. The molecule has 0 aliphatic heterocycles. The molecule has 0 aliphatic rings. The maximum atomic E-state index is 13.2. The summed E-state index contributed by atoms with van der Waals surface area (Å²) in [4.78, 5) is 14.1. The Kier molecular flexibility index (Phi) is 5.94. The number of para-hydroxylation sites is 3. The van der Waals surface area contributed by atoms with E-state index in [4.69, 9.17) is 4.98 Å². The van der Waals surface area contributed by atoms with E-state index >= 15 is 0 Å². The zero-order valence-corrected chi connectivity index (χ0v) is 21.3. The highest BCUT2D eigenvalue weighted by molar-refractivity contribution is 7.92. The third kappa shape index (κ3) is 4.53. The van der Waals surface area contributed by atoms with E-state index in [1.54, 1.807) is 36.5 Å². The summed E-state index contributed by atoms with van der Waals surface area (Å²) in [7, 11) is -3.91. The fourth-order valence-corrected chi connectivity index (χ4v) is 5.35. The molecule has 8 heteroatoms. The fraction of sp³-hybridized carbons (Fsp3) is 0.0333. The SMILES string of the molecule is Cc1ccc(S(=O)(=O)Nc2nc3ccccc3nc2Nc2cccc3c(-c4ccccc4)ccnc23)cc1. The van der Waals surface area contributed by atoms with Crippen LogP contribution < -0.4 is 10.0 Å². The maximum absolute atomic E-state index is 13.2. The number of pyridine rings is 1. The first-order valence-corrected chi connectivity index (χ1v) is 13.5. The number of anilines is 3. The van der Waals surface area contributed by atoms with Gasteiger partial charge in [-0.05, 0) is 54.4 Å². The molecule has 0 aliphatic carbocycles. The molecule has 0 saturated heterocycles. The monoisotopic (exact) mass is 517 g/mol. The zero-order chi connectivity index (χ0) is 26.1. The zero-order valence-electron chi connectivity index (χ0n) is 20.5. The van der Waals surface area contributed by atoms with Crippen LogP contribution in [0.15, 0.2) is 114 Å². The van der Waals surface area contributed by atoms with Crippen molar-refractivity contribution in [2.45, 2.75) is 11.8 Å². The van der Waals surface area contributed by atoms with E-state index < -0.39 is 10.0 Å². The number of hydrogen-bond donors (Lipinski definition) is 2. The number of sulfonamides is 1. The van der Waals surface area contributed by atoms with Crippen LogP contribution in [0.3, 0.4) is 0 Å². The number of benzene rings is 4. The number of nitrogens with one attached hydrogen (secondary N) is 2. The molecule has 7 nitrogen and oxygen atoms in total. The van der Waals surface area contributed by atoms with Crippen molar-refractivity contribution in [1.82, 2.24) is 15.0 Å². The van der Waals surface area contributed by atoms with Gasteiger partial charge in [-0.1, -0.05) is 72.3 Å². The first-order chi connectivity index (χ1) is 18.5. The number of hydrogen-bond acceptors (Lipinski definition) is 6. The van der Waals surface area contributed by atoms with Crippen LogP contribution in [0, 0.1) is 6.92 Å². The van der Waals surface area contributed by atoms with Crippen molar-refractivity contribution in [1.29, 1.82) is 0 Å². The molecule has 0 unspecified atom stereocenters. The molecule has 0 spiro atoms. The maximum Gasteiger partial charge on any atom is 0.263 e. The van der Waals surface area contributed by atoms with Gasteiger partial charge in [-0.2, -0.15) is 0 Å². The predicted molar refractivity (Wildman–Crippen MR) is 152 cm³/mol. The van der Waals surface area contributed by atoms with Crippen molar-refractivity contribution in [3.05, 3.63) is 115 Å². The Bertz CT molecular complexity index is 1890. The Morgan fingerprint density at radius 1 is 0.684 bits per heavy atom. The minimum absolute atomic E-state index is 0.0977. The van der Waals surface area contributed by atoms with Crippen LogP contribution in [-0.4, -0.2) is 23.4 Å². The van der Waals surface area contributed by atoms with Crippen molar-refractivity contribution >= 4 is 49.3 Å². The fourth-order valence-electron chi connectivity index (χ4n) is 4.34. The van der Waals surface area contributed by atoms with Crippen LogP contribution in [0.25, 0.3) is 33.1 Å². The summed E-state index contributed by atoms with van der Waals surface area (Å²) < 4.78 is 29.1. The predicted octanol–water partition coefficient (Wildman–Crippen LogP) is 6.70. The molecule has 4 aromatic carbocycles. The highest BCUT2D eigenvalue weighted by atomic mass is 32.2. The lowest BCUT2D eigenvalue weighted by molar-refractivity contribution is 0.601. The van der Waals surface area contributed by atoms with Gasteiger partial charge in [0, 0.05) is 11.6 Å². The summed E-state index contributed by atoms with van der Waals surface area (Å²) in [6, 6.07) is 31.9. The number of fused-ring (bicyclic) bond motifs is 2. The average Bonchev–Trinajstić information content (AvgIpc) is 2.94. The second kappa shape index (κ2) is 9.57. The molecular formula is C30H23N5O2S. The van der Waals surface area contributed by atoms with Crippen molar-refractivity contribution < 1.29 is 8.42 Å². The van der Waals surface area contributed by atoms with Gasteiger partial charge >= 0.3 is 0 Å². The molecule has 0 bridgehead atoms. The van der Waals surface area contributed by atoms with Gasteiger partial charge in [0.2, 0.25) is 0 Å². The van der Waals surface area contributed by atoms with Gasteiger partial charge < -0.3 is 5.32 Å². The minimum Gasteiger partial charge on any atom is -0.335 e. The Morgan fingerprint density at radius 3 is 2.11 bits per heavy atom. The molecule has 0 amide bonds. The van der Waals surface area contributed by atoms with Gasteiger partial charge in [-0.3, -0.25) is 9.71 Å². The van der Waals surface area contributed by atoms with E-state index in [1.165, 1.54) is 0 Å². The highest BCUT2D eigenvalue weighted by Crippen LogP contribution is 2.34. The van der Waals surface area contributed by atoms with Gasteiger partial charge in [0.05, 0.1) is 27.1 Å².